The van der Waals surface area contributed by atoms with Gasteiger partial charge in [-0.2, -0.15) is 5.26 Å². The molecule has 96 valence electrons. The number of aromatic nitrogens is 1. The highest BCUT2D eigenvalue weighted by molar-refractivity contribution is 5.61. The molecule has 0 radical (unpaired) electrons. The second-order valence-corrected chi connectivity index (χ2v) is 4.13. The molecule has 0 bridgehead atoms. The lowest BCUT2D eigenvalue weighted by Gasteiger charge is -2.22. The van der Waals surface area contributed by atoms with Crippen molar-refractivity contribution in [3.63, 3.8) is 0 Å². The van der Waals surface area contributed by atoms with Crippen molar-refractivity contribution in [3.05, 3.63) is 27.9 Å². The minimum absolute atomic E-state index is 0.0180. The largest absolute Gasteiger partial charge is 0.350 e. The second kappa shape index (κ2) is 5.96. The number of anilines is 1. The van der Waals surface area contributed by atoms with Crippen LogP contribution in [0.5, 0.6) is 0 Å². The summed E-state index contributed by atoms with van der Waals surface area (Å²) in [4.78, 5) is 16.5. The van der Waals surface area contributed by atoms with Crippen LogP contribution in [-0.4, -0.2) is 23.0 Å². The average Bonchev–Trinajstić information content (AvgIpc) is 2.34. The Kier molecular flexibility index (Phi) is 4.60. The minimum atomic E-state index is -0.419. The first-order valence-electron chi connectivity index (χ1n) is 5.75. The molecule has 0 aliphatic carbocycles. The molecule has 1 heterocycles. The highest BCUT2D eigenvalue weighted by Crippen LogP contribution is 2.29. The van der Waals surface area contributed by atoms with Gasteiger partial charge in [0.25, 0.3) is 0 Å². The Labute approximate surface area is 106 Å². The highest BCUT2D eigenvalue weighted by atomic mass is 16.6. The molecule has 1 aromatic rings. The van der Waals surface area contributed by atoms with Gasteiger partial charge in [-0.05, 0) is 26.8 Å². The van der Waals surface area contributed by atoms with Crippen LogP contribution in [0.25, 0.3) is 0 Å². The number of aryl methyl sites for hydroxylation is 1. The molecule has 6 nitrogen and oxygen atoms in total. The summed E-state index contributed by atoms with van der Waals surface area (Å²) in [6, 6.07) is 3.74. The van der Waals surface area contributed by atoms with Gasteiger partial charge in [0.15, 0.2) is 0 Å². The predicted octanol–water partition coefficient (Wildman–Crippen LogP) is 2.28. The quantitative estimate of drug-likeness (QED) is 0.589. The van der Waals surface area contributed by atoms with Gasteiger partial charge in [0.1, 0.15) is 0 Å². The molecule has 1 atom stereocenters. The summed E-state index contributed by atoms with van der Waals surface area (Å²) in [6.07, 6.45) is 1.55. The maximum absolute atomic E-state index is 11.1. The summed E-state index contributed by atoms with van der Waals surface area (Å²) in [7, 11) is 0. The van der Waals surface area contributed by atoms with E-state index in [4.69, 9.17) is 5.26 Å². The van der Waals surface area contributed by atoms with Gasteiger partial charge in [0, 0.05) is 24.8 Å². The van der Waals surface area contributed by atoms with Crippen molar-refractivity contribution in [2.24, 2.45) is 5.92 Å². The van der Waals surface area contributed by atoms with Gasteiger partial charge < -0.3 is 4.90 Å². The number of nitriles is 1. The Balaban J connectivity index is 3.18. The third kappa shape index (κ3) is 2.94. The molecule has 0 aliphatic rings. The molecule has 18 heavy (non-hydrogen) atoms. The standard InChI is InChI=1S/C12H16N4O2/c1-4-15(8-9(2)7-13)12-11(16(17)18)10(3)5-6-14-12/h5-6,9H,4,8H2,1-3H3. The van der Waals surface area contributed by atoms with Crippen molar-refractivity contribution in [3.8, 4) is 6.07 Å². The van der Waals surface area contributed by atoms with Gasteiger partial charge >= 0.3 is 5.69 Å². The molecule has 0 N–H and O–H groups in total. The zero-order valence-electron chi connectivity index (χ0n) is 10.8. The van der Waals surface area contributed by atoms with E-state index >= 15 is 0 Å². The smallest absolute Gasteiger partial charge is 0.314 e. The molecule has 0 aromatic carbocycles. The molecule has 1 unspecified atom stereocenters. The molecule has 0 spiro atoms. The van der Waals surface area contributed by atoms with Crippen molar-refractivity contribution < 1.29 is 4.92 Å². The fourth-order valence-corrected chi connectivity index (χ4v) is 1.73. The molecule has 0 saturated carbocycles. The number of rotatable bonds is 5. The minimum Gasteiger partial charge on any atom is -0.350 e. The van der Waals surface area contributed by atoms with Crippen molar-refractivity contribution in [2.45, 2.75) is 20.8 Å². The van der Waals surface area contributed by atoms with Gasteiger partial charge in [0.05, 0.1) is 16.9 Å². The van der Waals surface area contributed by atoms with Crippen LogP contribution < -0.4 is 4.90 Å². The van der Waals surface area contributed by atoms with Crippen LogP contribution >= 0.6 is 0 Å². The normalized spacial score (nSPS) is 11.7. The molecule has 0 amide bonds. The van der Waals surface area contributed by atoms with Crippen LogP contribution in [0.2, 0.25) is 0 Å². The van der Waals surface area contributed by atoms with Crippen LogP contribution in [0, 0.1) is 34.3 Å². The Morgan fingerprint density at radius 2 is 2.33 bits per heavy atom. The third-order valence-electron chi connectivity index (χ3n) is 2.69. The molecule has 0 fully saturated rings. The molecule has 0 aliphatic heterocycles. The summed E-state index contributed by atoms with van der Waals surface area (Å²) in [5.74, 6) is 0.136. The van der Waals surface area contributed by atoms with E-state index in [0.717, 1.165) is 0 Å². The first-order chi connectivity index (χ1) is 8.51. The van der Waals surface area contributed by atoms with Crippen LogP contribution in [-0.2, 0) is 0 Å². The SMILES string of the molecule is CCN(CC(C)C#N)c1nccc(C)c1[N+](=O)[O-]. The van der Waals surface area contributed by atoms with E-state index in [9.17, 15) is 10.1 Å². The summed E-state index contributed by atoms with van der Waals surface area (Å²) >= 11 is 0. The second-order valence-electron chi connectivity index (χ2n) is 4.13. The molecule has 1 rings (SSSR count). The average molecular weight is 248 g/mol. The number of nitro groups is 1. The van der Waals surface area contributed by atoms with Crippen LogP contribution in [0.15, 0.2) is 12.3 Å². The van der Waals surface area contributed by atoms with E-state index < -0.39 is 4.92 Å². The van der Waals surface area contributed by atoms with Crippen LogP contribution in [0.3, 0.4) is 0 Å². The maximum atomic E-state index is 11.1. The van der Waals surface area contributed by atoms with E-state index in [-0.39, 0.29) is 11.6 Å². The third-order valence-corrected chi connectivity index (χ3v) is 2.69. The van der Waals surface area contributed by atoms with Gasteiger partial charge in [-0.3, -0.25) is 10.1 Å². The van der Waals surface area contributed by atoms with E-state index in [1.807, 2.05) is 6.92 Å². The fourth-order valence-electron chi connectivity index (χ4n) is 1.73. The topological polar surface area (TPSA) is 83.1 Å². The predicted molar refractivity (Wildman–Crippen MR) is 68.3 cm³/mol. The Bertz CT molecular complexity index is 481. The first-order valence-corrected chi connectivity index (χ1v) is 5.75. The lowest BCUT2D eigenvalue weighted by Crippen LogP contribution is -2.29. The summed E-state index contributed by atoms with van der Waals surface area (Å²) in [6.45, 7) is 6.36. The van der Waals surface area contributed by atoms with E-state index in [0.29, 0.717) is 24.5 Å². The Hall–Kier alpha value is -2.16. The van der Waals surface area contributed by atoms with Crippen molar-refractivity contribution in [2.75, 3.05) is 18.0 Å². The lowest BCUT2D eigenvalue weighted by molar-refractivity contribution is -0.384. The molecular formula is C12H16N4O2. The summed E-state index contributed by atoms with van der Waals surface area (Å²) < 4.78 is 0. The van der Waals surface area contributed by atoms with Crippen LogP contribution in [0.4, 0.5) is 11.5 Å². The van der Waals surface area contributed by atoms with Crippen molar-refractivity contribution in [1.82, 2.24) is 4.98 Å². The highest BCUT2D eigenvalue weighted by Gasteiger charge is 2.23. The zero-order chi connectivity index (χ0) is 13.7. The molecule has 6 heteroatoms. The maximum Gasteiger partial charge on any atom is 0.314 e. The van der Waals surface area contributed by atoms with Gasteiger partial charge in [0.2, 0.25) is 5.82 Å². The van der Waals surface area contributed by atoms with Gasteiger partial charge in [-0.25, -0.2) is 4.98 Å². The van der Waals surface area contributed by atoms with Crippen molar-refractivity contribution in [1.29, 1.82) is 5.26 Å². The van der Waals surface area contributed by atoms with E-state index in [1.165, 1.54) is 0 Å². The Morgan fingerprint density at radius 1 is 1.67 bits per heavy atom. The monoisotopic (exact) mass is 248 g/mol. The van der Waals surface area contributed by atoms with E-state index in [2.05, 4.69) is 11.1 Å². The number of nitrogens with zero attached hydrogens (tertiary/aromatic N) is 4. The van der Waals surface area contributed by atoms with Crippen molar-refractivity contribution >= 4 is 11.5 Å². The summed E-state index contributed by atoms with van der Waals surface area (Å²) in [5.41, 5.74) is 0.595. The Morgan fingerprint density at radius 3 is 2.83 bits per heavy atom. The van der Waals surface area contributed by atoms with Gasteiger partial charge in [-0.1, -0.05) is 0 Å². The zero-order valence-corrected chi connectivity index (χ0v) is 10.8. The number of hydrogen-bond donors (Lipinski definition) is 0. The van der Waals surface area contributed by atoms with Gasteiger partial charge in [-0.15, -0.1) is 0 Å². The molecule has 0 saturated heterocycles. The lowest BCUT2D eigenvalue weighted by atomic mass is 10.1. The first kappa shape index (κ1) is 13.9. The summed E-state index contributed by atoms with van der Waals surface area (Å²) in [5, 5.41) is 19.9. The number of hydrogen-bond acceptors (Lipinski definition) is 5. The van der Waals surface area contributed by atoms with Crippen LogP contribution in [0.1, 0.15) is 19.4 Å². The van der Waals surface area contributed by atoms with E-state index in [1.54, 1.807) is 31.0 Å². The number of pyridine rings is 1. The molecule has 1 aromatic heterocycles. The molecular weight excluding hydrogens is 232 g/mol. The fraction of sp³-hybridized carbons (Fsp3) is 0.500.